The van der Waals surface area contributed by atoms with Crippen molar-refractivity contribution < 1.29 is 4.74 Å². The minimum absolute atomic E-state index is 0. The first-order valence-electron chi connectivity index (χ1n) is 5.72. The van der Waals surface area contributed by atoms with Crippen molar-refractivity contribution in [2.45, 2.75) is 45.3 Å². The Bertz CT molecular complexity index is 352. The van der Waals surface area contributed by atoms with Crippen LogP contribution in [0, 0.1) is 0 Å². The van der Waals surface area contributed by atoms with E-state index in [1.54, 1.807) is 0 Å². The van der Waals surface area contributed by atoms with Crippen molar-refractivity contribution in [3.63, 3.8) is 0 Å². The van der Waals surface area contributed by atoms with E-state index in [-0.39, 0.29) is 24.6 Å². The summed E-state index contributed by atoms with van der Waals surface area (Å²) < 4.78 is 5.67. The lowest BCUT2D eigenvalue weighted by Gasteiger charge is -2.23. The third-order valence-corrected chi connectivity index (χ3v) is 2.85. The van der Waals surface area contributed by atoms with Gasteiger partial charge < -0.3 is 10.5 Å². The van der Waals surface area contributed by atoms with Gasteiger partial charge in [0.05, 0.1) is 6.10 Å². The van der Waals surface area contributed by atoms with Gasteiger partial charge in [0.15, 0.2) is 0 Å². The van der Waals surface area contributed by atoms with Crippen molar-refractivity contribution in [2.24, 2.45) is 5.73 Å². The van der Waals surface area contributed by atoms with Gasteiger partial charge >= 0.3 is 0 Å². The molecule has 0 fully saturated rings. The lowest BCUT2D eigenvalue weighted by atomic mass is 9.88. The van der Waals surface area contributed by atoms with Gasteiger partial charge in [-0.15, -0.1) is 12.4 Å². The van der Waals surface area contributed by atoms with Crippen LogP contribution in [0.3, 0.4) is 0 Å². The third-order valence-electron chi connectivity index (χ3n) is 2.85. The van der Waals surface area contributed by atoms with E-state index in [0.29, 0.717) is 0 Å². The average molecular weight is 242 g/mol. The number of fused-ring (bicyclic) bond motifs is 1. The molecule has 0 amide bonds. The zero-order chi connectivity index (χ0) is 10.8. The van der Waals surface area contributed by atoms with Gasteiger partial charge in [-0.3, -0.25) is 0 Å². The molecule has 2 rings (SSSR count). The van der Waals surface area contributed by atoms with Crippen LogP contribution < -0.4 is 10.5 Å². The van der Waals surface area contributed by atoms with Crippen LogP contribution in [-0.2, 0) is 6.42 Å². The van der Waals surface area contributed by atoms with E-state index in [2.05, 4.69) is 18.2 Å². The van der Waals surface area contributed by atoms with Crippen LogP contribution in [0.4, 0.5) is 0 Å². The van der Waals surface area contributed by atoms with Crippen LogP contribution in [0.1, 0.15) is 43.9 Å². The van der Waals surface area contributed by atoms with E-state index in [1.807, 2.05) is 13.8 Å². The molecule has 0 aliphatic heterocycles. The van der Waals surface area contributed by atoms with E-state index in [4.69, 9.17) is 10.5 Å². The Hall–Kier alpha value is -0.730. The summed E-state index contributed by atoms with van der Waals surface area (Å²) in [5.41, 5.74) is 8.76. The third kappa shape index (κ3) is 2.89. The average Bonchev–Trinajstić information content (AvgIpc) is 2.18. The number of nitrogens with two attached hydrogens (primary N) is 1. The number of halogens is 1. The molecule has 1 aliphatic carbocycles. The molecule has 0 aromatic heterocycles. The van der Waals surface area contributed by atoms with Gasteiger partial charge in [-0.05, 0) is 56.4 Å². The van der Waals surface area contributed by atoms with Crippen LogP contribution in [0.5, 0.6) is 5.75 Å². The highest BCUT2D eigenvalue weighted by Gasteiger charge is 2.17. The van der Waals surface area contributed by atoms with Crippen molar-refractivity contribution in [2.75, 3.05) is 0 Å². The summed E-state index contributed by atoms with van der Waals surface area (Å²) in [6.45, 7) is 4.08. The maximum atomic E-state index is 6.09. The van der Waals surface area contributed by atoms with Crippen LogP contribution in [0.15, 0.2) is 18.2 Å². The Morgan fingerprint density at radius 3 is 2.81 bits per heavy atom. The molecule has 1 atom stereocenters. The van der Waals surface area contributed by atoms with E-state index in [1.165, 1.54) is 17.5 Å². The molecule has 1 aliphatic rings. The zero-order valence-electron chi connectivity index (χ0n) is 9.90. The Morgan fingerprint density at radius 1 is 1.38 bits per heavy atom. The van der Waals surface area contributed by atoms with Gasteiger partial charge in [0.25, 0.3) is 0 Å². The van der Waals surface area contributed by atoms with Gasteiger partial charge in [0.2, 0.25) is 0 Å². The largest absolute Gasteiger partial charge is 0.491 e. The first-order chi connectivity index (χ1) is 7.16. The lowest BCUT2D eigenvalue weighted by molar-refractivity contribution is 0.242. The molecule has 16 heavy (non-hydrogen) atoms. The molecular weight excluding hydrogens is 222 g/mol. The summed E-state index contributed by atoms with van der Waals surface area (Å²) in [6.07, 6.45) is 3.68. The maximum Gasteiger partial charge on any atom is 0.120 e. The number of benzene rings is 1. The summed E-state index contributed by atoms with van der Waals surface area (Å²) in [6, 6.07) is 6.52. The molecule has 0 radical (unpaired) electrons. The quantitative estimate of drug-likeness (QED) is 0.863. The second kappa shape index (κ2) is 5.55. The second-order valence-electron chi connectivity index (χ2n) is 4.53. The number of hydrogen-bond acceptors (Lipinski definition) is 2. The van der Waals surface area contributed by atoms with Crippen molar-refractivity contribution in [1.82, 2.24) is 0 Å². The molecule has 0 unspecified atom stereocenters. The Balaban J connectivity index is 0.00000128. The number of ether oxygens (including phenoxy) is 1. The minimum Gasteiger partial charge on any atom is -0.491 e. The molecular formula is C13H20ClNO. The van der Waals surface area contributed by atoms with E-state index >= 15 is 0 Å². The van der Waals surface area contributed by atoms with Crippen LogP contribution in [0.2, 0.25) is 0 Å². The second-order valence-corrected chi connectivity index (χ2v) is 4.53. The predicted molar refractivity (Wildman–Crippen MR) is 69.3 cm³/mol. The summed E-state index contributed by atoms with van der Waals surface area (Å²) in [7, 11) is 0. The Labute approximate surface area is 104 Å². The summed E-state index contributed by atoms with van der Waals surface area (Å²) in [5.74, 6) is 0.945. The maximum absolute atomic E-state index is 6.09. The molecule has 2 N–H and O–H groups in total. The monoisotopic (exact) mass is 241 g/mol. The fourth-order valence-electron chi connectivity index (χ4n) is 2.16. The molecule has 1 aromatic carbocycles. The summed E-state index contributed by atoms with van der Waals surface area (Å²) in [4.78, 5) is 0. The molecule has 90 valence electrons. The topological polar surface area (TPSA) is 35.2 Å². The van der Waals surface area contributed by atoms with Crippen molar-refractivity contribution in [1.29, 1.82) is 0 Å². The van der Waals surface area contributed by atoms with E-state index in [9.17, 15) is 0 Å². The molecule has 1 aromatic rings. The predicted octanol–water partition coefficient (Wildman–Crippen LogP) is 3.23. The molecule has 0 bridgehead atoms. The Morgan fingerprint density at radius 2 is 2.12 bits per heavy atom. The number of hydrogen-bond donors (Lipinski definition) is 1. The van der Waals surface area contributed by atoms with Crippen LogP contribution in [-0.4, -0.2) is 6.10 Å². The lowest BCUT2D eigenvalue weighted by Crippen LogP contribution is -2.17. The highest BCUT2D eigenvalue weighted by atomic mass is 35.5. The number of aryl methyl sites for hydroxylation is 1. The van der Waals surface area contributed by atoms with Gasteiger partial charge in [-0.25, -0.2) is 0 Å². The van der Waals surface area contributed by atoms with E-state index < -0.39 is 0 Å². The van der Waals surface area contributed by atoms with Crippen molar-refractivity contribution >= 4 is 12.4 Å². The molecule has 3 heteroatoms. The van der Waals surface area contributed by atoms with Crippen LogP contribution in [0.25, 0.3) is 0 Å². The highest BCUT2D eigenvalue weighted by Crippen LogP contribution is 2.31. The van der Waals surface area contributed by atoms with Crippen molar-refractivity contribution in [3.05, 3.63) is 29.3 Å². The van der Waals surface area contributed by atoms with Gasteiger partial charge in [0.1, 0.15) is 5.75 Å². The molecule has 0 saturated carbocycles. The molecule has 0 spiro atoms. The number of rotatable bonds is 2. The summed E-state index contributed by atoms with van der Waals surface area (Å²) >= 11 is 0. The standard InChI is InChI=1S/C13H19NO.ClH/c1-9(2)15-11-7-6-10-4-3-5-13(14)12(10)8-11;/h6-9,13H,3-5,14H2,1-2H3;1H/t13-;/m0./s1. The fourth-order valence-corrected chi connectivity index (χ4v) is 2.16. The fraction of sp³-hybridized carbons (Fsp3) is 0.538. The van der Waals surface area contributed by atoms with E-state index in [0.717, 1.165) is 18.6 Å². The van der Waals surface area contributed by atoms with Gasteiger partial charge in [-0.1, -0.05) is 6.07 Å². The van der Waals surface area contributed by atoms with Gasteiger partial charge in [0, 0.05) is 6.04 Å². The SMILES string of the molecule is CC(C)Oc1ccc2c(c1)[C@@H](N)CCC2.Cl. The summed E-state index contributed by atoms with van der Waals surface area (Å²) in [5, 5.41) is 0. The highest BCUT2D eigenvalue weighted by molar-refractivity contribution is 5.85. The van der Waals surface area contributed by atoms with Crippen molar-refractivity contribution in [3.8, 4) is 5.75 Å². The molecule has 2 nitrogen and oxygen atoms in total. The molecule has 0 heterocycles. The van der Waals surface area contributed by atoms with Crippen LogP contribution >= 0.6 is 12.4 Å². The first-order valence-corrected chi connectivity index (χ1v) is 5.72. The normalized spacial score (nSPS) is 18.9. The minimum atomic E-state index is 0. The van der Waals surface area contributed by atoms with Gasteiger partial charge in [-0.2, -0.15) is 0 Å². The molecule has 0 saturated heterocycles. The Kier molecular flexibility index (Phi) is 4.63. The smallest absolute Gasteiger partial charge is 0.120 e. The first kappa shape index (κ1) is 13.3. The zero-order valence-corrected chi connectivity index (χ0v) is 10.7.